The summed E-state index contributed by atoms with van der Waals surface area (Å²) in [5.74, 6) is 0. The minimum atomic E-state index is -3.81. The second-order valence-corrected chi connectivity index (χ2v) is 21.0. The summed E-state index contributed by atoms with van der Waals surface area (Å²) in [7, 11) is 0. The first kappa shape index (κ1) is 25.6. The van der Waals surface area contributed by atoms with Crippen molar-refractivity contribution in [2.45, 2.75) is 49.6 Å². The Kier molecular flexibility index (Phi) is 13.0. The first-order chi connectivity index (χ1) is 7.71. The van der Waals surface area contributed by atoms with E-state index in [0.29, 0.717) is 8.02 Å². The Morgan fingerprint density at radius 3 is 0.737 bits per heavy atom. The van der Waals surface area contributed by atoms with E-state index >= 15 is 0 Å². The molecule has 0 rings (SSSR count). The van der Waals surface area contributed by atoms with Gasteiger partial charge in [-0.1, -0.05) is 0 Å². The van der Waals surface area contributed by atoms with Crippen molar-refractivity contribution >= 4 is 37.1 Å². The zero-order valence-corrected chi connectivity index (χ0v) is 18.5. The minimum absolute atomic E-state index is 0.333. The quantitative estimate of drug-likeness (QED) is 0.266. The molecule has 0 saturated carbocycles. The van der Waals surface area contributed by atoms with Crippen molar-refractivity contribution in [3.63, 3.8) is 0 Å². The van der Waals surface area contributed by atoms with E-state index < -0.39 is 13.4 Å². The Labute approximate surface area is 133 Å². The standard InChI is InChI=1S/2C4H9.2H3O3PS.Zn/c2*1-4(2)3;2*1-4(2,3)5;/h2*1-3H3;2*(H3,1,2,3,5);. The molecule has 0 aliphatic carbocycles. The van der Waals surface area contributed by atoms with Crippen LogP contribution in [0.5, 0.6) is 0 Å². The molecule has 0 spiro atoms. The molecule has 0 bridgehead atoms. The van der Waals surface area contributed by atoms with Gasteiger partial charge in [0, 0.05) is 0 Å². The van der Waals surface area contributed by atoms with Crippen LogP contribution in [0.3, 0.4) is 0 Å². The Balaban J connectivity index is -0.000000219. The Hall–Kier alpha value is 1.68. The Morgan fingerprint density at radius 2 is 0.737 bits per heavy atom. The molecule has 0 aromatic rings. The maximum Gasteiger partial charge on any atom is 0.319 e. The molecule has 0 heterocycles. The molecule has 116 valence electrons. The average Bonchev–Trinajstić information content (AvgIpc) is 1.63. The average molecular weight is 408 g/mol. The summed E-state index contributed by atoms with van der Waals surface area (Å²) < 4.78 is 1.34. The molecular formula is C8H24O6P2S2Zn. The van der Waals surface area contributed by atoms with Crippen molar-refractivity contribution in [1.29, 1.82) is 0 Å². The van der Waals surface area contributed by atoms with Gasteiger partial charge in [0.1, 0.15) is 0 Å². The molecule has 0 atom stereocenters. The van der Waals surface area contributed by atoms with Gasteiger partial charge < -0.3 is 29.4 Å². The largest absolute Gasteiger partial charge is 0.325 e. The fourth-order valence-corrected chi connectivity index (χ4v) is 8.27. The molecule has 0 aliphatic heterocycles. The summed E-state index contributed by atoms with van der Waals surface area (Å²) >= 11 is 6.87. The van der Waals surface area contributed by atoms with Crippen molar-refractivity contribution in [3.05, 3.63) is 0 Å². The zero-order valence-electron chi connectivity index (χ0n) is 12.1. The Morgan fingerprint density at radius 1 is 0.632 bits per heavy atom. The van der Waals surface area contributed by atoms with E-state index in [0.717, 1.165) is 0 Å². The Bertz CT molecular complexity index is 279. The van der Waals surface area contributed by atoms with E-state index in [1.807, 2.05) is 0 Å². The first-order valence-corrected chi connectivity index (χ1v) is 13.6. The minimum Gasteiger partial charge on any atom is -0.325 e. The molecule has 0 aromatic heterocycles. The fourth-order valence-electron chi connectivity index (χ4n) is 1.59. The van der Waals surface area contributed by atoms with E-state index in [1.54, 1.807) is 0 Å². The maximum absolute atomic E-state index is 7.56. The summed E-state index contributed by atoms with van der Waals surface area (Å²) in [6.07, 6.45) is 0. The van der Waals surface area contributed by atoms with Crippen molar-refractivity contribution < 1.29 is 46.5 Å². The van der Waals surface area contributed by atoms with Gasteiger partial charge in [0.2, 0.25) is 0 Å². The molecular weight excluding hydrogens is 384 g/mol. The maximum atomic E-state index is 7.56. The molecule has 0 aromatic carbocycles. The molecule has 11 heteroatoms. The van der Waals surface area contributed by atoms with Crippen molar-refractivity contribution in [3.8, 4) is 0 Å². The van der Waals surface area contributed by atoms with Gasteiger partial charge in [-0.05, 0) is 23.6 Å². The molecule has 6 N–H and O–H groups in total. The molecule has 0 amide bonds. The van der Waals surface area contributed by atoms with Crippen molar-refractivity contribution in [2.75, 3.05) is 0 Å². The summed E-state index contributed by atoms with van der Waals surface area (Å²) in [6.45, 7) is 6.63. The van der Waals surface area contributed by atoms with Gasteiger partial charge in [0.15, 0.2) is 0 Å². The third-order valence-electron chi connectivity index (χ3n) is 1.06. The van der Waals surface area contributed by atoms with Gasteiger partial charge in [-0.3, -0.25) is 0 Å². The monoisotopic (exact) mass is 406 g/mol. The number of hydrogen-bond acceptors (Lipinski definition) is 2. The van der Waals surface area contributed by atoms with E-state index in [9.17, 15) is 0 Å². The van der Waals surface area contributed by atoms with E-state index in [-0.39, 0.29) is 17.1 Å². The molecule has 19 heavy (non-hydrogen) atoms. The second-order valence-electron chi connectivity index (χ2n) is 6.32. The predicted molar refractivity (Wildman–Crippen MR) is 81.3 cm³/mol. The van der Waals surface area contributed by atoms with Gasteiger partial charge >= 0.3 is 80.1 Å². The van der Waals surface area contributed by atoms with Crippen LogP contribution in [0.1, 0.15) is 41.5 Å². The first-order valence-electron chi connectivity index (χ1n) is 5.27. The van der Waals surface area contributed by atoms with Crippen LogP contribution >= 0.6 is 13.4 Å². The van der Waals surface area contributed by atoms with Gasteiger partial charge in [-0.25, -0.2) is 0 Å². The third-order valence-corrected chi connectivity index (χ3v) is 5.51. The van der Waals surface area contributed by atoms with Crippen LogP contribution in [0.2, 0.25) is 8.02 Å². The summed E-state index contributed by atoms with van der Waals surface area (Å²) in [6, 6.07) is 0. The van der Waals surface area contributed by atoms with Crippen LogP contribution in [0.25, 0.3) is 0 Å². The van der Waals surface area contributed by atoms with Gasteiger partial charge in [0.05, 0.1) is 0 Å². The summed E-state index contributed by atoms with van der Waals surface area (Å²) in [4.78, 5) is 45.3. The normalized spacial score (nSPS) is 12.4. The van der Waals surface area contributed by atoms with Gasteiger partial charge in [-0.2, -0.15) is 0 Å². The van der Waals surface area contributed by atoms with Crippen LogP contribution in [-0.2, 0) is 40.7 Å². The summed E-state index contributed by atoms with van der Waals surface area (Å²) in [5.41, 5.74) is 0. The van der Waals surface area contributed by atoms with Crippen LogP contribution in [0, 0.1) is 0 Å². The zero-order chi connectivity index (χ0) is 16.7. The fraction of sp³-hybridized carbons (Fsp3) is 1.00. The number of hydrogen-bond donors (Lipinski definition) is 6. The SMILES string of the molecule is C[C](C)(C)[Zn][C](C)(C)C.OP(O)(O)=S.OP(O)(O)=S. The molecule has 0 radical (unpaired) electrons. The second kappa shape index (κ2) is 9.65. The molecule has 0 unspecified atom stereocenters. The van der Waals surface area contributed by atoms with Crippen LogP contribution in [-0.4, -0.2) is 29.4 Å². The van der Waals surface area contributed by atoms with Gasteiger partial charge in [0.25, 0.3) is 0 Å². The topological polar surface area (TPSA) is 121 Å². The molecule has 6 nitrogen and oxygen atoms in total. The van der Waals surface area contributed by atoms with Crippen LogP contribution in [0.4, 0.5) is 0 Å². The smallest absolute Gasteiger partial charge is 0.319 e. The third kappa shape index (κ3) is 104. The van der Waals surface area contributed by atoms with Crippen LogP contribution in [0.15, 0.2) is 0 Å². The molecule has 0 fully saturated rings. The predicted octanol–water partition coefficient (Wildman–Crippen LogP) is 1.88. The van der Waals surface area contributed by atoms with Crippen LogP contribution < -0.4 is 0 Å². The number of rotatable bonds is 0. The van der Waals surface area contributed by atoms with E-state index in [1.165, 1.54) is 0 Å². The van der Waals surface area contributed by atoms with E-state index in [2.05, 4.69) is 65.2 Å². The van der Waals surface area contributed by atoms with Gasteiger partial charge in [-0.15, -0.1) is 0 Å². The van der Waals surface area contributed by atoms with Crippen molar-refractivity contribution in [1.82, 2.24) is 0 Å². The molecule has 0 saturated heterocycles. The van der Waals surface area contributed by atoms with Crippen molar-refractivity contribution in [2.24, 2.45) is 0 Å². The molecule has 0 aliphatic rings. The van der Waals surface area contributed by atoms with E-state index in [4.69, 9.17) is 29.4 Å². The summed E-state index contributed by atoms with van der Waals surface area (Å²) in [5, 5.41) is 0.